The van der Waals surface area contributed by atoms with Gasteiger partial charge in [-0.1, -0.05) is 90.5 Å². The van der Waals surface area contributed by atoms with Gasteiger partial charge in [-0.3, -0.25) is 9.59 Å². The minimum absolute atomic E-state index is 0.0503. The topological polar surface area (TPSA) is 75.4 Å². The Bertz CT molecular complexity index is 1420. The van der Waals surface area contributed by atoms with Gasteiger partial charge in [0.25, 0.3) is 0 Å². The van der Waals surface area contributed by atoms with Crippen LogP contribution in [0.25, 0.3) is 21.9 Å². The number of amides is 2. The molecular weight excluding hydrogens is 494 g/mol. The highest BCUT2D eigenvalue weighted by atomic mass is 35.5. The summed E-state index contributed by atoms with van der Waals surface area (Å²) in [5.74, 6) is -0.147. The number of benzene rings is 4. The van der Waals surface area contributed by atoms with Crippen molar-refractivity contribution in [1.29, 1.82) is 0 Å². The summed E-state index contributed by atoms with van der Waals surface area (Å²) in [6, 6.07) is 29.1. The number of hydrogen-bond donors (Lipinski definition) is 2. The molecule has 4 aromatic rings. The molecule has 2 unspecified atom stereocenters. The van der Waals surface area contributed by atoms with Crippen molar-refractivity contribution in [2.45, 2.75) is 44.3 Å². The molecule has 1 fully saturated rings. The molecule has 0 saturated carbocycles. The number of halogens is 1. The van der Waals surface area contributed by atoms with Gasteiger partial charge < -0.3 is 16.0 Å². The standard InChI is InChI=1S/C32H32ClN3O2/c33-28-16-15-26-18-23(11-14-27(26)20-28)19-29-32(38)36(30(31(37)35-29)8-4-5-17-34)21-22-9-12-25(13-10-22)24-6-2-1-3-7-24/h1-3,6-7,9-16,18,20,29-30H,4-5,8,17,19,21,34H2,(H,35,37). The molecule has 4 aromatic carbocycles. The van der Waals surface area contributed by atoms with Gasteiger partial charge in [-0.25, -0.2) is 0 Å². The highest BCUT2D eigenvalue weighted by molar-refractivity contribution is 6.31. The average Bonchev–Trinajstić information content (AvgIpc) is 2.94. The first-order chi connectivity index (χ1) is 18.5. The second kappa shape index (κ2) is 11.8. The number of unbranched alkanes of at least 4 members (excludes halogenated alkanes) is 1. The fraction of sp³-hybridized carbons (Fsp3) is 0.250. The quantitative estimate of drug-likeness (QED) is 0.274. The fourth-order valence-corrected chi connectivity index (χ4v) is 5.36. The van der Waals surface area contributed by atoms with E-state index in [1.54, 1.807) is 4.90 Å². The number of nitrogens with two attached hydrogens (primary N) is 1. The van der Waals surface area contributed by atoms with E-state index in [1.807, 2.05) is 60.7 Å². The summed E-state index contributed by atoms with van der Waals surface area (Å²) in [6.07, 6.45) is 2.65. The van der Waals surface area contributed by atoms with Crippen molar-refractivity contribution in [3.63, 3.8) is 0 Å². The smallest absolute Gasteiger partial charge is 0.246 e. The molecule has 38 heavy (non-hydrogen) atoms. The number of nitrogens with one attached hydrogen (secondary N) is 1. The number of hydrogen-bond acceptors (Lipinski definition) is 3. The van der Waals surface area contributed by atoms with Crippen LogP contribution >= 0.6 is 11.6 Å². The van der Waals surface area contributed by atoms with E-state index in [0.717, 1.165) is 45.9 Å². The van der Waals surface area contributed by atoms with Gasteiger partial charge in [-0.15, -0.1) is 0 Å². The first-order valence-electron chi connectivity index (χ1n) is 13.2. The van der Waals surface area contributed by atoms with Crippen LogP contribution < -0.4 is 11.1 Å². The Morgan fingerprint density at radius 2 is 1.47 bits per heavy atom. The van der Waals surface area contributed by atoms with Crippen LogP contribution in [0.2, 0.25) is 5.02 Å². The second-order valence-corrected chi connectivity index (χ2v) is 10.4. The summed E-state index contributed by atoms with van der Waals surface area (Å²) < 4.78 is 0. The van der Waals surface area contributed by atoms with E-state index in [1.165, 1.54) is 0 Å². The Balaban J connectivity index is 1.36. The van der Waals surface area contributed by atoms with Crippen LogP contribution in [0, 0.1) is 0 Å². The second-order valence-electron chi connectivity index (χ2n) is 9.92. The molecule has 6 heteroatoms. The molecule has 1 heterocycles. The maximum absolute atomic E-state index is 13.8. The Kier molecular flexibility index (Phi) is 8.06. The summed E-state index contributed by atoms with van der Waals surface area (Å²) in [7, 11) is 0. The number of fused-ring (bicyclic) bond motifs is 1. The van der Waals surface area contributed by atoms with Crippen molar-refractivity contribution in [3.8, 4) is 11.1 Å². The Hall–Kier alpha value is -3.67. The van der Waals surface area contributed by atoms with Crippen molar-refractivity contribution in [2.24, 2.45) is 5.73 Å². The molecule has 3 N–H and O–H groups in total. The molecule has 0 aromatic heterocycles. The Morgan fingerprint density at radius 1 is 0.789 bits per heavy atom. The lowest BCUT2D eigenvalue weighted by molar-refractivity contribution is -0.150. The number of piperazine rings is 1. The molecule has 1 aliphatic heterocycles. The molecule has 0 aliphatic carbocycles. The van der Waals surface area contributed by atoms with Gasteiger partial charge in [0.15, 0.2) is 0 Å². The highest BCUT2D eigenvalue weighted by Gasteiger charge is 2.40. The van der Waals surface area contributed by atoms with Crippen LogP contribution in [-0.2, 0) is 22.6 Å². The van der Waals surface area contributed by atoms with Crippen LogP contribution in [0.15, 0.2) is 91.0 Å². The van der Waals surface area contributed by atoms with E-state index in [4.69, 9.17) is 17.3 Å². The minimum Gasteiger partial charge on any atom is -0.342 e. The van der Waals surface area contributed by atoms with E-state index in [0.29, 0.717) is 31.0 Å². The van der Waals surface area contributed by atoms with Crippen molar-refractivity contribution in [1.82, 2.24) is 10.2 Å². The number of rotatable bonds is 9. The lowest BCUT2D eigenvalue weighted by Crippen LogP contribution is -2.63. The monoisotopic (exact) mass is 525 g/mol. The lowest BCUT2D eigenvalue weighted by atomic mass is 9.95. The van der Waals surface area contributed by atoms with E-state index in [-0.39, 0.29) is 11.8 Å². The zero-order valence-electron chi connectivity index (χ0n) is 21.3. The normalized spacial score (nSPS) is 17.6. The van der Waals surface area contributed by atoms with E-state index in [9.17, 15) is 9.59 Å². The molecule has 1 aliphatic rings. The maximum atomic E-state index is 13.8. The largest absolute Gasteiger partial charge is 0.342 e. The molecule has 0 bridgehead atoms. The zero-order valence-corrected chi connectivity index (χ0v) is 22.0. The predicted molar refractivity (Wildman–Crippen MR) is 154 cm³/mol. The van der Waals surface area contributed by atoms with Crippen LogP contribution in [0.4, 0.5) is 0 Å². The van der Waals surface area contributed by atoms with Crippen molar-refractivity contribution in [3.05, 3.63) is 107 Å². The van der Waals surface area contributed by atoms with E-state index in [2.05, 4.69) is 35.6 Å². The number of carbonyl (C=O) groups excluding carboxylic acids is 2. The van der Waals surface area contributed by atoms with Crippen LogP contribution in [-0.4, -0.2) is 35.3 Å². The van der Waals surface area contributed by atoms with Crippen molar-refractivity contribution < 1.29 is 9.59 Å². The molecule has 0 spiro atoms. The van der Waals surface area contributed by atoms with Gasteiger partial charge in [-0.05, 0) is 71.0 Å². The summed E-state index contributed by atoms with van der Waals surface area (Å²) in [6.45, 7) is 0.959. The molecule has 2 amide bonds. The van der Waals surface area contributed by atoms with Gasteiger partial charge in [0.05, 0.1) is 0 Å². The van der Waals surface area contributed by atoms with Crippen LogP contribution in [0.1, 0.15) is 30.4 Å². The molecule has 0 radical (unpaired) electrons. The Labute approximate surface area is 228 Å². The molecule has 5 nitrogen and oxygen atoms in total. The zero-order chi connectivity index (χ0) is 26.5. The fourth-order valence-electron chi connectivity index (χ4n) is 5.18. The van der Waals surface area contributed by atoms with Gasteiger partial charge in [0.2, 0.25) is 11.8 Å². The first kappa shape index (κ1) is 26.0. The van der Waals surface area contributed by atoms with Crippen molar-refractivity contribution in [2.75, 3.05) is 6.54 Å². The molecular formula is C32H32ClN3O2. The van der Waals surface area contributed by atoms with Crippen molar-refractivity contribution >= 4 is 34.2 Å². The molecule has 194 valence electrons. The van der Waals surface area contributed by atoms with E-state index < -0.39 is 12.1 Å². The van der Waals surface area contributed by atoms with E-state index >= 15 is 0 Å². The average molecular weight is 526 g/mol. The van der Waals surface area contributed by atoms with Gasteiger partial charge >= 0.3 is 0 Å². The highest BCUT2D eigenvalue weighted by Crippen LogP contribution is 2.25. The summed E-state index contributed by atoms with van der Waals surface area (Å²) >= 11 is 6.13. The third-order valence-corrected chi connectivity index (χ3v) is 7.46. The maximum Gasteiger partial charge on any atom is 0.246 e. The van der Waals surface area contributed by atoms with Crippen LogP contribution in [0.5, 0.6) is 0 Å². The summed E-state index contributed by atoms with van der Waals surface area (Å²) in [5.41, 5.74) is 9.95. The summed E-state index contributed by atoms with van der Waals surface area (Å²) in [5, 5.41) is 5.80. The molecule has 1 saturated heterocycles. The van der Waals surface area contributed by atoms with Gasteiger partial charge in [0, 0.05) is 18.0 Å². The SMILES string of the molecule is NCCCCC1C(=O)NC(Cc2ccc3cc(Cl)ccc3c2)C(=O)N1Cc1ccc(-c2ccccc2)cc1. The molecule has 5 rings (SSSR count). The lowest BCUT2D eigenvalue weighted by Gasteiger charge is -2.39. The number of carbonyl (C=O) groups is 2. The first-order valence-corrected chi connectivity index (χ1v) is 13.5. The number of nitrogens with zero attached hydrogens (tertiary/aromatic N) is 1. The van der Waals surface area contributed by atoms with Gasteiger partial charge in [0.1, 0.15) is 12.1 Å². The predicted octanol–water partition coefficient (Wildman–Crippen LogP) is 5.73. The third-order valence-electron chi connectivity index (χ3n) is 7.23. The molecule has 2 atom stereocenters. The van der Waals surface area contributed by atoms with Gasteiger partial charge in [-0.2, -0.15) is 0 Å². The minimum atomic E-state index is -0.610. The Morgan fingerprint density at radius 3 is 2.24 bits per heavy atom. The van der Waals surface area contributed by atoms with Crippen LogP contribution in [0.3, 0.4) is 0 Å². The third kappa shape index (κ3) is 5.90. The summed E-state index contributed by atoms with van der Waals surface area (Å²) in [4.78, 5) is 28.8.